The molecule has 5 N–H and O–H groups in total. The molecule has 0 amide bonds. The largest absolute Gasteiger partial charge is 0.476 e. The summed E-state index contributed by atoms with van der Waals surface area (Å²) in [6, 6.07) is 5.08. The van der Waals surface area contributed by atoms with Crippen molar-refractivity contribution < 1.29 is 9.90 Å². The standard InChI is InChI=1S/C14H15N5O2/c1-9-4-5-10(17-8-9)12-7-11(14(20)21)18-19(12)13(16)3-2-6-15/h2-8H,15-16H2,1H3,(H,20,21)/b6-2-,13-3+. The van der Waals surface area contributed by atoms with Crippen LogP contribution in [-0.2, 0) is 0 Å². The maximum atomic E-state index is 11.1. The van der Waals surface area contributed by atoms with Crippen molar-refractivity contribution >= 4 is 11.8 Å². The molecule has 0 fully saturated rings. The van der Waals surface area contributed by atoms with Gasteiger partial charge in [0.25, 0.3) is 0 Å². The maximum Gasteiger partial charge on any atom is 0.356 e. The second-order valence-corrected chi connectivity index (χ2v) is 4.33. The van der Waals surface area contributed by atoms with E-state index in [1.165, 1.54) is 29.1 Å². The van der Waals surface area contributed by atoms with E-state index in [0.717, 1.165) is 5.56 Å². The number of aryl methyl sites for hydroxylation is 1. The highest BCUT2D eigenvalue weighted by Gasteiger charge is 2.16. The molecule has 108 valence electrons. The van der Waals surface area contributed by atoms with Gasteiger partial charge in [0.15, 0.2) is 5.69 Å². The van der Waals surface area contributed by atoms with Crippen LogP contribution in [0, 0.1) is 6.92 Å². The summed E-state index contributed by atoms with van der Waals surface area (Å²) < 4.78 is 1.32. The average molecular weight is 285 g/mol. The Morgan fingerprint density at radius 1 is 1.43 bits per heavy atom. The molecule has 7 nitrogen and oxygen atoms in total. The molecule has 2 aromatic heterocycles. The molecular weight excluding hydrogens is 270 g/mol. The highest BCUT2D eigenvalue weighted by molar-refractivity contribution is 5.87. The van der Waals surface area contributed by atoms with Gasteiger partial charge < -0.3 is 16.6 Å². The van der Waals surface area contributed by atoms with Gasteiger partial charge in [0.05, 0.1) is 11.4 Å². The Morgan fingerprint density at radius 2 is 2.19 bits per heavy atom. The van der Waals surface area contributed by atoms with E-state index in [2.05, 4.69) is 10.1 Å². The first-order chi connectivity index (χ1) is 10.0. The van der Waals surface area contributed by atoms with E-state index < -0.39 is 5.97 Å². The molecular formula is C14H15N5O2. The van der Waals surface area contributed by atoms with Crippen LogP contribution in [0.3, 0.4) is 0 Å². The Morgan fingerprint density at radius 3 is 2.76 bits per heavy atom. The lowest BCUT2D eigenvalue weighted by atomic mass is 10.2. The summed E-state index contributed by atoms with van der Waals surface area (Å²) in [5.74, 6) is -0.897. The number of hydrogen-bond donors (Lipinski definition) is 3. The molecule has 0 spiro atoms. The first-order valence-electron chi connectivity index (χ1n) is 6.13. The molecule has 0 aliphatic heterocycles. The van der Waals surface area contributed by atoms with E-state index in [1.54, 1.807) is 12.3 Å². The lowest BCUT2D eigenvalue weighted by Crippen LogP contribution is -2.10. The third-order valence-corrected chi connectivity index (χ3v) is 2.72. The third-order valence-electron chi connectivity index (χ3n) is 2.72. The van der Waals surface area contributed by atoms with Crippen molar-refractivity contribution in [2.24, 2.45) is 11.5 Å². The summed E-state index contributed by atoms with van der Waals surface area (Å²) in [5.41, 5.74) is 13.1. The van der Waals surface area contributed by atoms with Gasteiger partial charge in [-0.15, -0.1) is 0 Å². The third kappa shape index (κ3) is 3.08. The van der Waals surface area contributed by atoms with Gasteiger partial charge in [0.2, 0.25) is 0 Å². The molecule has 0 aromatic carbocycles. The minimum Gasteiger partial charge on any atom is -0.476 e. The van der Waals surface area contributed by atoms with Crippen LogP contribution < -0.4 is 11.5 Å². The van der Waals surface area contributed by atoms with Gasteiger partial charge in [-0.25, -0.2) is 9.48 Å². The van der Waals surface area contributed by atoms with Gasteiger partial charge in [-0.2, -0.15) is 5.10 Å². The number of aromatic nitrogens is 3. The molecule has 0 aliphatic carbocycles. The fraction of sp³-hybridized carbons (Fsp3) is 0.0714. The summed E-state index contributed by atoms with van der Waals surface area (Å²) in [7, 11) is 0. The fourth-order valence-corrected chi connectivity index (χ4v) is 1.71. The SMILES string of the molecule is Cc1ccc(-c2cc(C(=O)O)nn2/C(N)=C/C=C\N)nc1. The summed E-state index contributed by atoms with van der Waals surface area (Å²) in [6.45, 7) is 1.91. The molecule has 0 saturated carbocycles. The van der Waals surface area contributed by atoms with Crippen molar-refractivity contribution in [2.75, 3.05) is 0 Å². The number of pyridine rings is 1. The Balaban J connectivity index is 2.58. The van der Waals surface area contributed by atoms with Crippen LogP contribution in [-0.4, -0.2) is 25.8 Å². The second kappa shape index (κ2) is 5.91. The van der Waals surface area contributed by atoms with E-state index in [4.69, 9.17) is 16.6 Å². The Bertz CT molecular complexity index is 713. The number of carboxylic acid groups (broad SMARTS) is 1. The highest BCUT2D eigenvalue weighted by atomic mass is 16.4. The smallest absolute Gasteiger partial charge is 0.356 e. The van der Waals surface area contributed by atoms with E-state index in [1.807, 2.05) is 13.0 Å². The van der Waals surface area contributed by atoms with Gasteiger partial charge in [-0.3, -0.25) is 4.98 Å². The summed E-state index contributed by atoms with van der Waals surface area (Å²) in [5, 5.41) is 13.1. The van der Waals surface area contributed by atoms with Crippen molar-refractivity contribution in [3.63, 3.8) is 0 Å². The van der Waals surface area contributed by atoms with Gasteiger partial charge in [0, 0.05) is 12.3 Å². The normalized spacial score (nSPS) is 12.0. The zero-order valence-corrected chi connectivity index (χ0v) is 11.4. The van der Waals surface area contributed by atoms with Crippen molar-refractivity contribution in [1.82, 2.24) is 14.8 Å². The molecule has 0 saturated heterocycles. The lowest BCUT2D eigenvalue weighted by molar-refractivity contribution is 0.0690. The molecule has 0 bridgehead atoms. The van der Waals surface area contributed by atoms with Gasteiger partial charge in [-0.05, 0) is 36.9 Å². The predicted octanol–water partition coefficient (Wildman–Crippen LogP) is 1.18. The van der Waals surface area contributed by atoms with Crippen LogP contribution in [0.2, 0.25) is 0 Å². The van der Waals surface area contributed by atoms with Crippen molar-refractivity contribution in [1.29, 1.82) is 0 Å². The number of carbonyl (C=O) groups is 1. The summed E-state index contributed by atoms with van der Waals surface area (Å²) in [4.78, 5) is 15.4. The van der Waals surface area contributed by atoms with Gasteiger partial charge in [0.1, 0.15) is 5.82 Å². The quantitative estimate of drug-likeness (QED) is 0.725. The highest BCUT2D eigenvalue weighted by Crippen LogP contribution is 2.20. The predicted molar refractivity (Wildman–Crippen MR) is 78.9 cm³/mol. The second-order valence-electron chi connectivity index (χ2n) is 4.33. The first kappa shape index (κ1) is 14.3. The van der Waals surface area contributed by atoms with E-state index >= 15 is 0 Å². The minimum atomic E-state index is -1.13. The first-order valence-corrected chi connectivity index (χ1v) is 6.13. The van der Waals surface area contributed by atoms with E-state index in [9.17, 15) is 4.79 Å². The number of carboxylic acids is 1. The number of hydrogen-bond acceptors (Lipinski definition) is 5. The number of nitrogens with two attached hydrogens (primary N) is 2. The van der Waals surface area contributed by atoms with Crippen molar-refractivity contribution in [3.05, 3.63) is 54.0 Å². The van der Waals surface area contributed by atoms with Crippen LogP contribution >= 0.6 is 0 Å². The molecule has 2 heterocycles. The topological polar surface area (TPSA) is 120 Å². The van der Waals surface area contributed by atoms with Crippen LogP contribution in [0.15, 0.2) is 42.7 Å². The number of rotatable bonds is 4. The molecule has 0 radical (unpaired) electrons. The van der Waals surface area contributed by atoms with E-state index in [-0.39, 0.29) is 11.5 Å². The number of aromatic carboxylic acids is 1. The summed E-state index contributed by atoms with van der Waals surface area (Å²) in [6.07, 6.45) is 6.06. The lowest BCUT2D eigenvalue weighted by Gasteiger charge is -2.06. The number of nitrogens with zero attached hydrogens (tertiary/aromatic N) is 3. The van der Waals surface area contributed by atoms with Crippen LogP contribution in [0.1, 0.15) is 16.1 Å². The molecule has 2 aromatic rings. The Hall–Kier alpha value is -3.09. The fourth-order valence-electron chi connectivity index (χ4n) is 1.71. The molecule has 0 atom stereocenters. The molecule has 2 rings (SSSR count). The monoisotopic (exact) mass is 285 g/mol. The zero-order chi connectivity index (χ0) is 15.4. The summed E-state index contributed by atoms with van der Waals surface area (Å²) >= 11 is 0. The molecule has 7 heteroatoms. The van der Waals surface area contributed by atoms with Crippen molar-refractivity contribution in [3.8, 4) is 11.4 Å². The van der Waals surface area contributed by atoms with E-state index in [0.29, 0.717) is 11.4 Å². The molecule has 21 heavy (non-hydrogen) atoms. The Kier molecular flexibility index (Phi) is 4.03. The van der Waals surface area contributed by atoms with Gasteiger partial charge in [-0.1, -0.05) is 6.07 Å². The van der Waals surface area contributed by atoms with Crippen molar-refractivity contribution in [2.45, 2.75) is 6.92 Å². The number of allylic oxidation sites excluding steroid dienone is 2. The van der Waals surface area contributed by atoms with Crippen LogP contribution in [0.5, 0.6) is 0 Å². The zero-order valence-electron chi connectivity index (χ0n) is 11.4. The maximum absolute atomic E-state index is 11.1. The molecule has 0 unspecified atom stereocenters. The van der Waals surface area contributed by atoms with Crippen LogP contribution in [0.25, 0.3) is 17.2 Å². The molecule has 0 aliphatic rings. The van der Waals surface area contributed by atoms with Gasteiger partial charge >= 0.3 is 5.97 Å². The average Bonchev–Trinajstić information content (AvgIpc) is 2.91. The van der Waals surface area contributed by atoms with Crippen LogP contribution in [0.4, 0.5) is 0 Å². The Labute approximate surface area is 121 Å². The minimum absolute atomic E-state index is 0.111.